The highest BCUT2D eigenvalue weighted by Crippen LogP contribution is 2.36. The first-order chi connectivity index (χ1) is 12.1. The molecule has 0 aromatic heterocycles. The SMILES string of the molecule is CC1CN(C(=O)Nc2cccc3c2OCCC3)CC2(CCOC2C)O1. The molecular weight excluding hydrogens is 320 g/mol. The molecule has 136 valence electrons. The fourth-order valence-corrected chi connectivity index (χ4v) is 4.14. The third-order valence-corrected chi connectivity index (χ3v) is 5.47. The molecule has 1 spiro atoms. The zero-order valence-corrected chi connectivity index (χ0v) is 14.9. The van der Waals surface area contributed by atoms with E-state index in [0.29, 0.717) is 26.3 Å². The van der Waals surface area contributed by atoms with Crippen LogP contribution in [-0.4, -0.2) is 55.0 Å². The summed E-state index contributed by atoms with van der Waals surface area (Å²) < 4.78 is 17.7. The van der Waals surface area contributed by atoms with Crippen LogP contribution in [0.1, 0.15) is 32.3 Å². The minimum atomic E-state index is -0.387. The molecule has 3 heterocycles. The van der Waals surface area contributed by atoms with Gasteiger partial charge in [-0.1, -0.05) is 12.1 Å². The molecule has 1 aromatic rings. The second-order valence-electron chi connectivity index (χ2n) is 7.31. The Balaban J connectivity index is 1.51. The molecule has 0 bridgehead atoms. The summed E-state index contributed by atoms with van der Waals surface area (Å²) in [5.74, 6) is 0.815. The number of fused-ring (bicyclic) bond motifs is 1. The first-order valence-electron chi connectivity index (χ1n) is 9.17. The van der Waals surface area contributed by atoms with Crippen molar-refractivity contribution in [2.75, 3.05) is 31.6 Å². The minimum absolute atomic E-state index is 0.00151. The van der Waals surface area contributed by atoms with Gasteiger partial charge in [0.15, 0.2) is 0 Å². The summed E-state index contributed by atoms with van der Waals surface area (Å²) in [5.41, 5.74) is 1.53. The van der Waals surface area contributed by atoms with Crippen molar-refractivity contribution in [2.45, 2.75) is 50.9 Å². The summed E-state index contributed by atoms with van der Waals surface area (Å²) in [7, 11) is 0. The highest BCUT2D eigenvalue weighted by atomic mass is 16.6. The molecule has 2 saturated heterocycles. The van der Waals surface area contributed by atoms with Crippen molar-refractivity contribution >= 4 is 11.7 Å². The number of anilines is 1. The van der Waals surface area contributed by atoms with E-state index in [0.717, 1.165) is 36.3 Å². The summed E-state index contributed by atoms with van der Waals surface area (Å²) in [4.78, 5) is 14.8. The lowest BCUT2D eigenvalue weighted by molar-refractivity contribution is -0.159. The van der Waals surface area contributed by atoms with E-state index < -0.39 is 0 Å². The van der Waals surface area contributed by atoms with Crippen molar-refractivity contribution in [2.24, 2.45) is 0 Å². The van der Waals surface area contributed by atoms with Gasteiger partial charge in [0, 0.05) is 19.6 Å². The van der Waals surface area contributed by atoms with Crippen molar-refractivity contribution in [1.82, 2.24) is 4.90 Å². The molecule has 2 fully saturated rings. The number of morpholine rings is 1. The number of benzene rings is 1. The largest absolute Gasteiger partial charge is 0.491 e. The number of carbonyl (C=O) groups is 1. The van der Waals surface area contributed by atoms with Gasteiger partial charge in [-0.25, -0.2) is 4.79 Å². The average molecular weight is 346 g/mol. The van der Waals surface area contributed by atoms with Gasteiger partial charge in [-0.05, 0) is 38.3 Å². The molecule has 6 nitrogen and oxygen atoms in total. The fourth-order valence-electron chi connectivity index (χ4n) is 4.14. The first kappa shape index (κ1) is 16.7. The molecule has 25 heavy (non-hydrogen) atoms. The molecule has 1 N–H and O–H groups in total. The van der Waals surface area contributed by atoms with E-state index in [9.17, 15) is 4.79 Å². The summed E-state index contributed by atoms with van der Waals surface area (Å²) in [6, 6.07) is 5.84. The topological polar surface area (TPSA) is 60.0 Å². The number of hydrogen-bond donors (Lipinski definition) is 1. The standard InChI is InChI=1S/C19H26N2O4/c1-13-11-21(12-19(25-13)8-10-23-14(19)2)18(22)20-16-7-3-5-15-6-4-9-24-17(15)16/h3,5,7,13-14H,4,6,8-12H2,1-2H3,(H,20,22). The van der Waals surface area contributed by atoms with E-state index >= 15 is 0 Å². The molecule has 3 atom stereocenters. The Morgan fingerprint density at radius 1 is 1.32 bits per heavy atom. The van der Waals surface area contributed by atoms with Crippen LogP contribution in [-0.2, 0) is 15.9 Å². The van der Waals surface area contributed by atoms with Gasteiger partial charge in [0.05, 0.1) is 31.0 Å². The van der Waals surface area contributed by atoms with E-state index in [1.807, 2.05) is 30.9 Å². The van der Waals surface area contributed by atoms with Crippen molar-refractivity contribution in [3.63, 3.8) is 0 Å². The first-order valence-corrected chi connectivity index (χ1v) is 9.17. The number of aryl methyl sites for hydroxylation is 1. The number of para-hydroxylation sites is 1. The lowest BCUT2D eigenvalue weighted by Crippen LogP contribution is -2.60. The van der Waals surface area contributed by atoms with E-state index in [4.69, 9.17) is 14.2 Å². The average Bonchev–Trinajstić information content (AvgIpc) is 2.94. The van der Waals surface area contributed by atoms with Gasteiger partial charge in [-0.3, -0.25) is 0 Å². The molecule has 0 saturated carbocycles. The smallest absolute Gasteiger partial charge is 0.322 e. The Hall–Kier alpha value is -1.79. The van der Waals surface area contributed by atoms with Crippen LogP contribution in [0.25, 0.3) is 0 Å². The monoisotopic (exact) mass is 346 g/mol. The van der Waals surface area contributed by atoms with Gasteiger partial charge < -0.3 is 24.4 Å². The zero-order chi connectivity index (χ0) is 17.4. The number of hydrogen-bond acceptors (Lipinski definition) is 4. The number of ether oxygens (including phenoxy) is 3. The highest BCUT2D eigenvalue weighted by molar-refractivity contribution is 5.91. The molecule has 1 aromatic carbocycles. The summed E-state index contributed by atoms with van der Waals surface area (Å²) in [5, 5.41) is 3.05. The van der Waals surface area contributed by atoms with E-state index in [2.05, 4.69) is 11.4 Å². The molecule has 4 rings (SSSR count). The number of urea groups is 1. The van der Waals surface area contributed by atoms with Crippen molar-refractivity contribution in [1.29, 1.82) is 0 Å². The number of nitrogens with one attached hydrogen (secondary N) is 1. The van der Waals surface area contributed by atoms with Crippen LogP contribution in [0.2, 0.25) is 0 Å². The van der Waals surface area contributed by atoms with Crippen LogP contribution in [0.3, 0.4) is 0 Å². The van der Waals surface area contributed by atoms with E-state index in [1.165, 1.54) is 0 Å². The van der Waals surface area contributed by atoms with Gasteiger partial charge >= 0.3 is 6.03 Å². The number of nitrogens with zero attached hydrogens (tertiary/aromatic N) is 1. The van der Waals surface area contributed by atoms with Crippen LogP contribution in [0.15, 0.2) is 18.2 Å². The Morgan fingerprint density at radius 3 is 3.00 bits per heavy atom. The molecule has 3 aliphatic rings. The van der Waals surface area contributed by atoms with E-state index in [1.54, 1.807) is 0 Å². The Bertz CT molecular complexity index is 665. The number of amides is 2. The Labute approximate surface area is 148 Å². The van der Waals surface area contributed by atoms with Crippen molar-refractivity contribution in [3.05, 3.63) is 23.8 Å². The third kappa shape index (κ3) is 3.09. The van der Waals surface area contributed by atoms with Crippen LogP contribution < -0.4 is 10.1 Å². The predicted molar refractivity (Wildman–Crippen MR) is 94.2 cm³/mol. The van der Waals surface area contributed by atoms with Crippen molar-refractivity contribution < 1.29 is 19.0 Å². The molecule has 0 aliphatic carbocycles. The summed E-state index contributed by atoms with van der Waals surface area (Å²) in [6.07, 6.45) is 2.83. The Kier molecular flexibility index (Phi) is 4.33. The highest BCUT2D eigenvalue weighted by Gasteiger charge is 2.48. The van der Waals surface area contributed by atoms with Gasteiger partial charge in [-0.2, -0.15) is 0 Å². The van der Waals surface area contributed by atoms with Gasteiger partial charge in [0.2, 0.25) is 0 Å². The van der Waals surface area contributed by atoms with Crippen LogP contribution in [0, 0.1) is 0 Å². The predicted octanol–water partition coefficient (Wildman–Crippen LogP) is 2.81. The third-order valence-electron chi connectivity index (χ3n) is 5.47. The summed E-state index contributed by atoms with van der Waals surface area (Å²) >= 11 is 0. The molecular formula is C19H26N2O4. The maximum atomic E-state index is 12.9. The molecule has 6 heteroatoms. The molecule has 0 radical (unpaired) electrons. The molecule has 2 amide bonds. The van der Waals surface area contributed by atoms with Gasteiger partial charge in [0.25, 0.3) is 0 Å². The zero-order valence-electron chi connectivity index (χ0n) is 14.9. The van der Waals surface area contributed by atoms with Crippen LogP contribution >= 0.6 is 0 Å². The normalized spacial score (nSPS) is 31.5. The fraction of sp³-hybridized carbons (Fsp3) is 0.632. The number of rotatable bonds is 1. The summed E-state index contributed by atoms with van der Waals surface area (Å²) in [6.45, 7) is 6.56. The lowest BCUT2D eigenvalue weighted by atomic mass is 9.93. The second kappa shape index (κ2) is 6.50. The van der Waals surface area contributed by atoms with Crippen LogP contribution in [0.4, 0.5) is 10.5 Å². The van der Waals surface area contributed by atoms with E-state index in [-0.39, 0.29) is 23.8 Å². The maximum Gasteiger partial charge on any atom is 0.322 e. The van der Waals surface area contributed by atoms with Gasteiger partial charge in [0.1, 0.15) is 11.4 Å². The minimum Gasteiger partial charge on any atom is -0.491 e. The number of carbonyl (C=O) groups excluding carboxylic acids is 1. The molecule has 3 unspecified atom stereocenters. The maximum absolute atomic E-state index is 12.9. The lowest BCUT2D eigenvalue weighted by Gasteiger charge is -2.45. The Morgan fingerprint density at radius 2 is 2.20 bits per heavy atom. The second-order valence-corrected chi connectivity index (χ2v) is 7.31. The van der Waals surface area contributed by atoms with Crippen LogP contribution in [0.5, 0.6) is 5.75 Å². The van der Waals surface area contributed by atoms with Crippen molar-refractivity contribution in [3.8, 4) is 5.75 Å². The molecule has 3 aliphatic heterocycles. The quantitative estimate of drug-likeness (QED) is 0.849. The van der Waals surface area contributed by atoms with Gasteiger partial charge in [-0.15, -0.1) is 0 Å².